The van der Waals surface area contributed by atoms with Gasteiger partial charge in [-0.2, -0.15) is 4.31 Å². The highest BCUT2D eigenvalue weighted by atomic mass is 31.3. The summed E-state index contributed by atoms with van der Waals surface area (Å²) in [5, 5.41) is 55.1. The Morgan fingerprint density at radius 3 is 1.91 bits per heavy atom. The third kappa shape index (κ3) is 16.3. The second kappa shape index (κ2) is 25.0. The smallest absolute Gasteiger partial charge is 0.394 e. The number of nitrogens with zero attached hydrogens (tertiary/aromatic N) is 6. The fourth-order valence-corrected chi connectivity index (χ4v) is 7.36. The molecule has 1 aromatic rings. The molecule has 5 unspecified atom stereocenters. The van der Waals surface area contributed by atoms with Crippen molar-refractivity contribution in [3.63, 3.8) is 0 Å². The molecule has 0 bridgehead atoms. The number of carbonyl (C=O) groups excluding carboxylic acids is 1. The molecule has 1 amide bonds. The van der Waals surface area contributed by atoms with Crippen LogP contribution in [-0.2, 0) is 36.8 Å². The molecule has 2 aliphatic heterocycles. The van der Waals surface area contributed by atoms with E-state index in [2.05, 4.69) is 74.7 Å². The van der Waals surface area contributed by atoms with Crippen LogP contribution in [0.25, 0.3) is 10.4 Å². The van der Waals surface area contributed by atoms with Crippen LogP contribution in [0.1, 0.15) is 47.8 Å². The number of phosphoric ester groups is 2. The minimum atomic E-state index is -5.73. The van der Waals surface area contributed by atoms with Crippen molar-refractivity contribution in [2.45, 2.75) is 96.7 Å². The first-order chi connectivity index (χ1) is 26.3. The molecule has 9 N–H and O–H groups in total. The van der Waals surface area contributed by atoms with Crippen molar-refractivity contribution in [1.29, 1.82) is 0 Å². The average Bonchev–Trinajstić information content (AvgIpc) is 3.43. The summed E-state index contributed by atoms with van der Waals surface area (Å²) in [7, 11) is -11.3. The summed E-state index contributed by atoms with van der Waals surface area (Å²) in [6, 6.07) is -0.958. The third-order valence-corrected chi connectivity index (χ3v) is 11.1. The molecule has 0 spiro atoms. The van der Waals surface area contributed by atoms with E-state index in [9.17, 15) is 58.8 Å². The van der Waals surface area contributed by atoms with Gasteiger partial charge in [-0.1, -0.05) is 46.7 Å². The number of nitrogens with one attached hydrogen (secondary N) is 2. The van der Waals surface area contributed by atoms with Gasteiger partial charge in [-0.15, -0.1) is 0 Å². The summed E-state index contributed by atoms with van der Waals surface area (Å²) in [6.45, 7) is 17.4. The predicted molar refractivity (Wildman–Crippen MR) is 196 cm³/mol. The molecule has 0 aromatic carbocycles. The molecular weight excluding hydrogens is 794 g/mol. The molecule has 0 radical (unpaired) electrons. The SMILES string of the molecule is CCN(CC)CC.CCN(CC)CC.[N-]=[N+]=NCC(=O)NC1[C@@H](OP(=O)(O)OP(=O)(O)OC[C@H]2O[C@@H](n3ccc(=O)[nH]c3=O)C(O)[C@H]2O)OC(CO)[C@H](O)[C@@H]1O. The fourth-order valence-electron chi connectivity index (χ4n) is 5.19. The number of carbonyl (C=O) groups is 1. The van der Waals surface area contributed by atoms with Crippen LogP contribution < -0.4 is 16.6 Å². The molecule has 2 fully saturated rings. The molecule has 56 heavy (non-hydrogen) atoms. The summed E-state index contributed by atoms with van der Waals surface area (Å²) in [6.07, 6.45) is -13.6. The molecule has 11 atom stereocenters. The van der Waals surface area contributed by atoms with Crippen LogP contribution >= 0.6 is 15.6 Å². The molecule has 0 saturated carbocycles. The van der Waals surface area contributed by atoms with E-state index >= 15 is 0 Å². The van der Waals surface area contributed by atoms with Crippen molar-refractivity contribution in [2.24, 2.45) is 5.11 Å². The van der Waals surface area contributed by atoms with Crippen molar-refractivity contribution in [3.05, 3.63) is 43.5 Å². The van der Waals surface area contributed by atoms with Crippen molar-refractivity contribution in [3.8, 4) is 0 Å². The van der Waals surface area contributed by atoms with E-state index in [-0.39, 0.29) is 0 Å². The summed E-state index contributed by atoms with van der Waals surface area (Å²) in [5.41, 5.74) is 6.54. The maximum Gasteiger partial charge on any atom is 0.483 e. The van der Waals surface area contributed by atoms with E-state index in [0.29, 0.717) is 4.57 Å². The van der Waals surface area contributed by atoms with Crippen LogP contribution in [0, 0.1) is 0 Å². The standard InChI is InChI=1S/C17H26N6O17P2.2C6H15N/c18-22-19-3-9(26)20-10-13(29)11(27)6(4-24)38-16(10)39-42(34,35)40-41(32,33)36-5-7-12(28)14(30)15(37-7)23-2-1-8(25)21-17(23)31;2*1-4-7(5-2)6-3/h1-2,6-7,10-16,24,27-30H,3-5H2,(H,20,26)(H,32,33)(H,34,35)(H,21,25,31);2*4-6H2,1-3H3/t6?,7-,10?,11+,12+,13-,14?,15-,16-;;/m1../s1. The highest BCUT2D eigenvalue weighted by Crippen LogP contribution is 2.61. The van der Waals surface area contributed by atoms with E-state index in [1.807, 2.05) is 10.3 Å². The van der Waals surface area contributed by atoms with Crippen LogP contribution in [0.2, 0.25) is 0 Å². The number of phosphoric acid groups is 2. The van der Waals surface area contributed by atoms with Gasteiger partial charge in [0.15, 0.2) is 12.5 Å². The number of aliphatic hydroxyl groups is 5. The normalized spacial score (nSPS) is 28.2. The van der Waals surface area contributed by atoms with Crippen LogP contribution in [0.5, 0.6) is 0 Å². The number of aromatic nitrogens is 2. The molecule has 27 heteroatoms. The monoisotopic (exact) mass is 850 g/mol. The van der Waals surface area contributed by atoms with E-state index < -0.39 is 108 Å². The van der Waals surface area contributed by atoms with Crippen molar-refractivity contribution in [1.82, 2.24) is 24.7 Å². The zero-order chi connectivity index (χ0) is 42.8. The topological polar surface area (TPSA) is 361 Å². The summed E-state index contributed by atoms with van der Waals surface area (Å²) in [5.74, 6) is -1.08. The Balaban J connectivity index is 0.000000949. The van der Waals surface area contributed by atoms with Crippen LogP contribution in [0.3, 0.4) is 0 Å². The van der Waals surface area contributed by atoms with Crippen LogP contribution in [0.15, 0.2) is 27.0 Å². The summed E-state index contributed by atoms with van der Waals surface area (Å²) >= 11 is 0. The van der Waals surface area contributed by atoms with Gasteiger partial charge in [0.25, 0.3) is 5.56 Å². The van der Waals surface area contributed by atoms with Crippen LogP contribution in [-0.4, -0.2) is 169 Å². The minimum Gasteiger partial charge on any atom is -0.394 e. The first kappa shape index (κ1) is 51.4. The number of aliphatic hydroxyl groups excluding tert-OH is 5. The maximum absolute atomic E-state index is 12.5. The maximum atomic E-state index is 12.5. The molecule has 324 valence electrons. The molecule has 3 heterocycles. The van der Waals surface area contributed by atoms with Gasteiger partial charge in [0.1, 0.15) is 49.2 Å². The number of ether oxygens (including phenoxy) is 2. The summed E-state index contributed by atoms with van der Waals surface area (Å²) in [4.78, 5) is 64.2. The Morgan fingerprint density at radius 1 is 0.911 bits per heavy atom. The van der Waals surface area contributed by atoms with Gasteiger partial charge in [0, 0.05) is 17.2 Å². The molecule has 3 rings (SSSR count). The zero-order valence-electron chi connectivity index (χ0n) is 32.0. The minimum absolute atomic E-state index is 0.705. The van der Waals surface area contributed by atoms with Gasteiger partial charge >= 0.3 is 21.3 Å². The lowest BCUT2D eigenvalue weighted by Crippen LogP contribution is -2.64. The Hall–Kier alpha value is -2.64. The zero-order valence-corrected chi connectivity index (χ0v) is 33.8. The first-order valence-electron chi connectivity index (χ1n) is 17.7. The lowest BCUT2D eigenvalue weighted by atomic mass is 9.97. The third-order valence-electron chi connectivity index (χ3n) is 8.48. The number of amides is 1. The molecule has 2 aliphatic rings. The second-order valence-electron chi connectivity index (χ2n) is 11.9. The fraction of sp³-hybridized carbons (Fsp3) is 0.828. The van der Waals surface area contributed by atoms with E-state index in [1.165, 1.54) is 39.3 Å². The summed E-state index contributed by atoms with van der Waals surface area (Å²) < 4.78 is 49.3. The number of hydrogen-bond donors (Lipinski definition) is 9. The molecule has 25 nitrogen and oxygen atoms in total. The number of rotatable bonds is 18. The van der Waals surface area contributed by atoms with Crippen LogP contribution in [0.4, 0.5) is 0 Å². The quantitative estimate of drug-likeness (QED) is 0.0345. The number of hydrogen-bond acceptors (Lipinski definition) is 18. The molecule has 0 aliphatic carbocycles. The number of azide groups is 1. The highest BCUT2D eigenvalue weighted by Gasteiger charge is 2.50. The van der Waals surface area contributed by atoms with E-state index in [1.54, 1.807) is 0 Å². The molecule has 1 aromatic heterocycles. The Morgan fingerprint density at radius 2 is 1.45 bits per heavy atom. The molecular formula is C29H56N8O17P2. The van der Waals surface area contributed by atoms with Crippen molar-refractivity contribution < 1.29 is 72.1 Å². The highest BCUT2D eigenvalue weighted by molar-refractivity contribution is 7.61. The Bertz CT molecular complexity index is 1570. The van der Waals surface area contributed by atoms with Gasteiger partial charge in [-0.3, -0.25) is 28.2 Å². The number of aromatic amines is 1. The Kier molecular flexibility index (Phi) is 22.9. The van der Waals surface area contributed by atoms with Gasteiger partial charge < -0.3 is 59.9 Å². The predicted octanol–water partition coefficient (Wildman–Crippen LogP) is -1.66. The lowest BCUT2D eigenvalue weighted by molar-refractivity contribution is -0.247. The van der Waals surface area contributed by atoms with E-state index in [4.69, 9.17) is 15.0 Å². The largest absolute Gasteiger partial charge is 0.483 e. The van der Waals surface area contributed by atoms with Gasteiger partial charge in [0.2, 0.25) is 5.91 Å². The lowest BCUT2D eigenvalue weighted by Gasteiger charge is -2.42. The van der Waals surface area contributed by atoms with Crippen molar-refractivity contribution in [2.75, 3.05) is 59.0 Å². The molecule has 2 saturated heterocycles. The van der Waals surface area contributed by atoms with Gasteiger partial charge in [-0.05, 0) is 44.8 Å². The van der Waals surface area contributed by atoms with Crippen molar-refractivity contribution >= 4 is 21.6 Å². The Labute approximate surface area is 322 Å². The second-order valence-corrected chi connectivity index (χ2v) is 14.9. The number of H-pyrrole nitrogens is 1. The van der Waals surface area contributed by atoms with E-state index in [0.717, 1.165) is 12.3 Å². The van der Waals surface area contributed by atoms with Gasteiger partial charge in [0.05, 0.1) is 13.2 Å². The average molecular weight is 851 g/mol. The van der Waals surface area contributed by atoms with Gasteiger partial charge in [-0.25, -0.2) is 13.9 Å². The first-order valence-corrected chi connectivity index (χ1v) is 20.7.